The lowest BCUT2D eigenvalue weighted by molar-refractivity contribution is 0.0391. The number of fused-ring (bicyclic) bond motifs is 1. The van der Waals surface area contributed by atoms with E-state index in [0.717, 1.165) is 48.8 Å². The van der Waals surface area contributed by atoms with Gasteiger partial charge in [-0.25, -0.2) is 4.98 Å². The van der Waals surface area contributed by atoms with E-state index in [1.807, 2.05) is 37.3 Å². The third-order valence-electron chi connectivity index (χ3n) is 4.98. The molecular weight excluding hydrogens is 422 g/mol. The zero-order chi connectivity index (χ0) is 20.9. The normalized spacial score (nSPS) is 14.7. The molecule has 1 saturated heterocycles. The molecule has 1 aliphatic heterocycles. The molecule has 0 atom stereocenters. The predicted molar refractivity (Wildman–Crippen MR) is 121 cm³/mol. The molecule has 0 unspecified atom stereocenters. The lowest BCUT2D eigenvalue weighted by Crippen LogP contribution is -2.43. The molecule has 1 amide bonds. The molecule has 0 spiro atoms. The van der Waals surface area contributed by atoms with Crippen LogP contribution in [-0.2, 0) is 4.74 Å². The Morgan fingerprint density at radius 3 is 2.83 bits per heavy atom. The summed E-state index contributed by atoms with van der Waals surface area (Å²) in [5.74, 6) is 0.662. The zero-order valence-electron chi connectivity index (χ0n) is 16.8. The topological polar surface area (TPSA) is 54.9 Å². The van der Waals surface area contributed by atoms with Crippen LogP contribution in [0.1, 0.15) is 17.3 Å². The van der Waals surface area contributed by atoms with Crippen molar-refractivity contribution in [3.05, 3.63) is 53.1 Å². The number of nitrogens with zero attached hydrogens (tertiary/aromatic N) is 3. The number of anilines is 1. The molecule has 4 rings (SSSR count). The van der Waals surface area contributed by atoms with Crippen LogP contribution in [0.5, 0.6) is 5.75 Å². The van der Waals surface area contributed by atoms with Gasteiger partial charge in [0.05, 0.1) is 40.6 Å². The Kier molecular flexibility index (Phi) is 6.84. The Labute approximate surface area is 185 Å². The van der Waals surface area contributed by atoms with Crippen molar-refractivity contribution in [1.29, 1.82) is 0 Å². The second-order valence-electron chi connectivity index (χ2n) is 6.95. The molecule has 2 heterocycles. The van der Waals surface area contributed by atoms with Gasteiger partial charge in [-0.05, 0) is 37.3 Å². The van der Waals surface area contributed by atoms with Crippen LogP contribution >= 0.6 is 22.9 Å². The highest BCUT2D eigenvalue weighted by atomic mass is 35.5. The third kappa shape index (κ3) is 4.75. The fourth-order valence-electron chi connectivity index (χ4n) is 3.39. The lowest BCUT2D eigenvalue weighted by atomic mass is 10.2. The molecule has 3 aromatic rings. The maximum Gasteiger partial charge on any atom is 0.261 e. The van der Waals surface area contributed by atoms with E-state index in [-0.39, 0.29) is 5.91 Å². The lowest BCUT2D eigenvalue weighted by Gasteiger charge is -2.29. The van der Waals surface area contributed by atoms with Crippen molar-refractivity contribution in [3.8, 4) is 5.75 Å². The summed E-state index contributed by atoms with van der Waals surface area (Å²) in [6.45, 7) is 7.02. The van der Waals surface area contributed by atoms with Crippen molar-refractivity contribution in [3.63, 3.8) is 0 Å². The first kappa shape index (κ1) is 21.1. The molecule has 30 heavy (non-hydrogen) atoms. The zero-order valence-corrected chi connectivity index (χ0v) is 18.4. The van der Waals surface area contributed by atoms with Gasteiger partial charge in [0.1, 0.15) is 5.75 Å². The Morgan fingerprint density at radius 2 is 2.07 bits per heavy atom. The molecule has 0 bridgehead atoms. The average Bonchev–Trinajstić information content (AvgIpc) is 3.18. The van der Waals surface area contributed by atoms with Gasteiger partial charge in [-0.2, -0.15) is 0 Å². The van der Waals surface area contributed by atoms with Crippen LogP contribution < -0.4 is 9.64 Å². The molecule has 1 aromatic heterocycles. The summed E-state index contributed by atoms with van der Waals surface area (Å²) in [6.07, 6.45) is 0. The number of morpholine rings is 1. The third-order valence-corrected chi connectivity index (χ3v) is 6.35. The highest BCUT2D eigenvalue weighted by Gasteiger charge is 2.24. The molecule has 0 aliphatic carbocycles. The summed E-state index contributed by atoms with van der Waals surface area (Å²) in [7, 11) is 0. The molecule has 2 aromatic carbocycles. The predicted octanol–water partition coefficient (Wildman–Crippen LogP) is 4.33. The number of hydrogen-bond donors (Lipinski definition) is 0. The van der Waals surface area contributed by atoms with Crippen molar-refractivity contribution in [2.45, 2.75) is 6.92 Å². The molecule has 6 nitrogen and oxygen atoms in total. The quantitative estimate of drug-likeness (QED) is 0.542. The number of halogens is 1. The van der Waals surface area contributed by atoms with Gasteiger partial charge in [0.2, 0.25) is 0 Å². The van der Waals surface area contributed by atoms with Crippen LogP contribution in [0.2, 0.25) is 5.02 Å². The van der Waals surface area contributed by atoms with Crippen molar-refractivity contribution in [2.75, 3.05) is 50.9 Å². The van der Waals surface area contributed by atoms with E-state index in [1.165, 1.54) is 11.3 Å². The van der Waals surface area contributed by atoms with Crippen LogP contribution in [0.4, 0.5) is 5.13 Å². The minimum Gasteiger partial charge on any atom is -0.494 e. The minimum absolute atomic E-state index is 0.141. The summed E-state index contributed by atoms with van der Waals surface area (Å²) in [5.41, 5.74) is 1.33. The number of aromatic nitrogens is 1. The number of hydrogen-bond acceptors (Lipinski definition) is 6. The van der Waals surface area contributed by atoms with E-state index in [0.29, 0.717) is 28.9 Å². The fourth-order valence-corrected chi connectivity index (χ4v) is 4.63. The second-order valence-corrected chi connectivity index (χ2v) is 8.37. The highest BCUT2D eigenvalue weighted by molar-refractivity contribution is 7.22. The van der Waals surface area contributed by atoms with E-state index in [4.69, 9.17) is 26.1 Å². The molecule has 0 saturated carbocycles. The number of carbonyl (C=O) groups is 1. The largest absolute Gasteiger partial charge is 0.494 e. The van der Waals surface area contributed by atoms with Gasteiger partial charge in [-0.1, -0.05) is 35.1 Å². The number of ether oxygens (including phenoxy) is 2. The number of benzene rings is 2. The standard InChI is InChI=1S/C22H24ClN3O3S/c1-2-29-16-7-8-19-20(15-16)30-22(24-19)26(10-9-25-11-13-28-14-12-25)21(27)17-5-3-4-6-18(17)23/h3-8,15H,2,9-14H2,1H3. The summed E-state index contributed by atoms with van der Waals surface area (Å²) in [6, 6.07) is 13.0. The average molecular weight is 446 g/mol. The van der Waals surface area contributed by atoms with Crippen LogP contribution in [0.3, 0.4) is 0 Å². The van der Waals surface area contributed by atoms with Gasteiger partial charge in [-0.15, -0.1) is 0 Å². The summed E-state index contributed by atoms with van der Waals surface area (Å²) in [5, 5.41) is 1.11. The van der Waals surface area contributed by atoms with Crippen molar-refractivity contribution < 1.29 is 14.3 Å². The summed E-state index contributed by atoms with van der Waals surface area (Å²) >= 11 is 7.81. The summed E-state index contributed by atoms with van der Waals surface area (Å²) < 4.78 is 12.0. The Hall–Kier alpha value is -2.19. The van der Waals surface area contributed by atoms with Gasteiger partial charge in [0, 0.05) is 26.2 Å². The minimum atomic E-state index is -0.141. The summed E-state index contributed by atoms with van der Waals surface area (Å²) in [4.78, 5) is 22.2. The van der Waals surface area contributed by atoms with E-state index < -0.39 is 0 Å². The first-order valence-electron chi connectivity index (χ1n) is 10.1. The Morgan fingerprint density at radius 1 is 1.27 bits per heavy atom. The number of rotatable bonds is 7. The van der Waals surface area contributed by atoms with E-state index in [1.54, 1.807) is 17.0 Å². The van der Waals surface area contributed by atoms with Crippen LogP contribution in [0.25, 0.3) is 10.2 Å². The molecule has 1 aliphatic rings. The Bertz CT molecular complexity index is 1020. The highest BCUT2D eigenvalue weighted by Crippen LogP contribution is 2.33. The van der Waals surface area contributed by atoms with Gasteiger partial charge in [0.25, 0.3) is 5.91 Å². The number of amides is 1. The van der Waals surface area contributed by atoms with Gasteiger partial charge in [0.15, 0.2) is 5.13 Å². The van der Waals surface area contributed by atoms with E-state index in [9.17, 15) is 4.79 Å². The Balaban J connectivity index is 1.64. The molecule has 8 heteroatoms. The second kappa shape index (κ2) is 9.75. The van der Waals surface area contributed by atoms with Gasteiger partial charge >= 0.3 is 0 Å². The smallest absolute Gasteiger partial charge is 0.261 e. The van der Waals surface area contributed by atoms with Gasteiger partial charge < -0.3 is 9.47 Å². The maximum atomic E-state index is 13.4. The van der Waals surface area contributed by atoms with Crippen LogP contribution in [0, 0.1) is 0 Å². The molecule has 1 fully saturated rings. The number of thiazole rings is 1. The number of carbonyl (C=O) groups excluding carboxylic acids is 1. The SMILES string of the molecule is CCOc1ccc2nc(N(CCN3CCOCC3)C(=O)c3ccccc3Cl)sc2c1. The van der Waals surface area contributed by atoms with E-state index >= 15 is 0 Å². The first-order valence-corrected chi connectivity index (χ1v) is 11.2. The van der Waals surface area contributed by atoms with Gasteiger partial charge in [-0.3, -0.25) is 14.6 Å². The van der Waals surface area contributed by atoms with Crippen molar-refractivity contribution >= 4 is 44.2 Å². The molecule has 0 N–H and O–H groups in total. The molecular formula is C22H24ClN3O3S. The maximum absolute atomic E-state index is 13.4. The van der Waals surface area contributed by atoms with Crippen LogP contribution in [0.15, 0.2) is 42.5 Å². The van der Waals surface area contributed by atoms with Crippen molar-refractivity contribution in [1.82, 2.24) is 9.88 Å². The van der Waals surface area contributed by atoms with Crippen LogP contribution in [-0.4, -0.2) is 61.8 Å². The molecule has 0 radical (unpaired) electrons. The monoisotopic (exact) mass is 445 g/mol. The first-order chi connectivity index (χ1) is 14.7. The van der Waals surface area contributed by atoms with E-state index in [2.05, 4.69) is 4.90 Å². The fraction of sp³-hybridized carbons (Fsp3) is 0.364. The molecule has 158 valence electrons. The van der Waals surface area contributed by atoms with Crippen molar-refractivity contribution in [2.24, 2.45) is 0 Å².